The van der Waals surface area contributed by atoms with Crippen LogP contribution in [0.1, 0.15) is 19.8 Å². The first kappa shape index (κ1) is 14.2. The number of nitrogens with two attached hydrogens (primary N) is 1. The third kappa shape index (κ3) is 2.70. The van der Waals surface area contributed by atoms with Crippen LogP contribution in [0.15, 0.2) is 0 Å². The summed E-state index contributed by atoms with van der Waals surface area (Å²) < 4.78 is 33.5. The van der Waals surface area contributed by atoms with Crippen LogP contribution in [0.25, 0.3) is 0 Å². The van der Waals surface area contributed by atoms with Crippen molar-refractivity contribution in [3.05, 3.63) is 0 Å². The number of hydrogen-bond acceptors (Lipinski definition) is 4. The Kier molecular flexibility index (Phi) is 4.60. The highest BCUT2D eigenvalue weighted by Gasteiger charge is 2.39. The lowest BCUT2D eigenvalue weighted by Gasteiger charge is -2.41. The summed E-state index contributed by atoms with van der Waals surface area (Å²) >= 11 is 0. The lowest BCUT2D eigenvalue weighted by atomic mass is 9.93. The quantitative estimate of drug-likeness (QED) is 0.763. The maximum atomic E-state index is 12.6. The largest absolute Gasteiger partial charge is 0.379 e. The van der Waals surface area contributed by atoms with Gasteiger partial charge in [-0.15, -0.1) is 0 Å². The van der Waals surface area contributed by atoms with Crippen molar-refractivity contribution in [2.24, 2.45) is 11.7 Å². The lowest BCUT2D eigenvalue weighted by Crippen LogP contribution is -2.57. The molecular formula is C11H23N3O3S. The zero-order valence-corrected chi connectivity index (χ0v) is 11.7. The fourth-order valence-electron chi connectivity index (χ4n) is 2.77. The van der Waals surface area contributed by atoms with Crippen molar-refractivity contribution < 1.29 is 13.2 Å². The molecule has 2 saturated heterocycles. The number of nitrogens with zero attached hydrogens (tertiary/aromatic N) is 2. The predicted octanol–water partition coefficient (Wildman–Crippen LogP) is -0.377. The van der Waals surface area contributed by atoms with Crippen LogP contribution in [-0.4, -0.2) is 62.5 Å². The highest BCUT2D eigenvalue weighted by atomic mass is 32.2. The van der Waals surface area contributed by atoms with Gasteiger partial charge in [-0.2, -0.15) is 17.0 Å². The van der Waals surface area contributed by atoms with Crippen molar-refractivity contribution >= 4 is 10.2 Å². The third-order valence-electron chi connectivity index (χ3n) is 3.90. The Morgan fingerprint density at radius 3 is 2.56 bits per heavy atom. The topological polar surface area (TPSA) is 75.9 Å². The van der Waals surface area contributed by atoms with E-state index < -0.39 is 10.2 Å². The Hall–Kier alpha value is -0.210. The highest BCUT2D eigenvalue weighted by Crippen LogP contribution is 2.26. The van der Waals surface area contributed by atoms with E-state index in [1.54, 1.807) is 4.31 Å². The van der Waals surface area contributed by atoms with Gasteiger partial charge in [0.15, 0.2) is 0 Å². The van der Waals surface area contributed by atoms with Gasteiger partial charge in [0, 0.05) is 32.2 Å². The predicted molar refractivity (Wildman–Crippen MR) is 69.3 cm³/mol. The number of rotatable bonds is 3. The molecule has 2 heterocycles. The monoisotopic (exact) mass is 277 g/mol. The normalized spacial score (nSPS) is 32.6. The van der Waals surface area contributed by atoms with Crippen LogP contribution in [-0.2, 0) is 14.9 Å². The molecule has 0 aromatic rings. The Balaban J connectivity index is 2.16. The van der Waals surface area contributed by atoms with Gasteiger partial charge in [0.2, 0.25) is 0 Å². The van der Waals surface area contributed by atoms with Crippen molar-refractivity contribution in [1.29, 1.82) is 0 Å². The smallest absolute Gasteiger partial charge is 0.282 e. The van der Waals surface area contributed by atoms with Crippen LogP contribution in [0, 0.1) is 5.92 Å². The summed E-state index contributed by atoms with van der Waals surface area (Å²) in [5.41, 5.74) is 5.76. The molecule has 2 rings (SSSR count). The van der Waals surface area contributed by atoms with Gasteiger partial charge in [0.1, 0.15) is 0 Å². The maximum absolute atomic E-state index is 12.6. The van der Waals surface area contributed by atoms with Gasteiger partial charge >= 0.3 is 0 Å². The fourth-order valence-corrected chi connectivity index (χ4v) is 4.68. The minimum atomic E-state index is -3.37. The summed E-state index contributed by atoms with van der Waals surface area (Å²) in [6.45, 7) is 4.93. The molecule has 0 aromatic heterocycles. The molecule has 106 valence electrons. The van der Waals surface area contributed by atoms with Crippen LogP contribution in [0.4, 0.5) is 0 Å². The molecule has 2 N–H and O–H groups in total. The van der Waals surface area contributed by atoms with Gasteiger partial charge in [-0.3, -0.25) is 0 Å². The van der Waals surface area contributed by atoms with E-state index in [1.807, 2.05) is 0 Å². The summed E-state index contributed by atoms with van der Waals surface area (Å²) in [5.74, 6) is 0.333. The van der Waals surface area contributed by atoms with E-state index in [4.69, 9.17) is 10.5 Å². The average molecular weight is 277 g/mol. The molecule has 0 bridgehead atoms. The first-order chi connectivity index (χ1) is 8.57. The Morgan fingerprint density at radius 1 is 1.28 bits per heavy atom. The van der Waals surface area contributed by atoms with Crippen LogP contribution in [0.5, 0.6) is 0 Å². The molecule has 0 amide bonds. The number of morpholine rings is 1. The van der Waals surface area contributed by atoms with Crippen LogP contribution < -0.4 is 5.73 Å². The SMILES string of the molecule is C[C@H]1CCCN(S(=O)(=O)N2CCOCC2)[C@@H]1CN. The van der Waals surface area contributed by atoms with Crippen molar-refractivity contribution in [3.63, 3.8) is 0 Å². The molecule has 0 spiro atoms. The average Bonchev–Trinajstić information content (AvgIpc) is 2.39. The van der Waals surface area contributed by atoms with Gasteiger partial charge in [0.25, 0.3) is 10.2 Å². The van der Waals surface area contributed by atoms with Gasteiger partial charge in [-0.25, -0.2) is 0 Å². The van der Waals surface area contributed by atoms with E-state index >= 15 is 0 Å². The molecule has 2 fully saturated rings. The molecule has 0 radical (unpaired) electrons. The summed E-state index contributed by atoms with van der Waals surface area (Å²) in [6, 6.07) is -0.0633. The lowest BCUT2D eigenvalue weighted by molar-refractivity contribution is 0.0668. The Bertz CT molecular complexity index is 368. The van der Waals surface area contributed by atoms with Crippen molar-refractivity contribution in [2.75, 3.05) is 39.4 Å². The number of ether oxygens (including phenoxy) is 1. The second-order valence-electron chi connectivity index (χ2n) is 5.05. The first-order valence-corrected chi connectivity index (χ1v) is 8.02. The van der Waals surface area contributed by atoms with Crippen molar-refractivity contribution in [3.8, 4) is 0 Å². The summed E-state index contributed by atoms with van der Waals surface area (Å²) in [7, 11) is -3.37. The van der Waals surface area contributed by atoms with Gasteiger partial charge < -0.3 is 10.5 Å². The van der Waals surface area contributed by atoms with Crippen molar-refractivity contribution in [1.82, 2.24) is 8.61 Å². The maximum Gasteiger partial charge on any atom is 0.282 e. The fraction of sp³-hybridized carbons (Fsp3) is 1.00. The highest BCUT2D eigenvalue weighted by molar-refractivity contribution is 7.86. The number of piperidine rings is 1. The minimum Gasteiger partial charge on any atom is -0.379 e. The Morgan fingerprint density at radius 2 is 1.94 bits per heavy atom. The van der Waals surface area contributed by atoms with Crippen LogP contribution >= 0.6 is 0 Å². The van der Waals surface area contributed by atoms with Crippen LogP contribution in [0.3, 0.4) is 0 Å². The zero-order chi connectivity index (χ0) is 13.2. The summed E-state index contributed by atoms with van der Waals surface area (Å²) in [5, 5.41) is 0. The first-order valence-electron chi connectivity index (χ1n) is 6.62. The van der Waals surface area contributed by atoms with Gasteiger partial charge in [0.05, 0.1) is 13.2 Å². The molecule has 6 nitrogen and oxygen atoms in total. The van der Waals surface area contributed by atoms with E-state index in [9.17, 15) is 8.42 Å². The zero-order valence-electron chi connectivity index (χ0n) is 10.9. The molecule has 2 atom stereocenters. The molecule has 2 aliphatic heterocycles. The second-order valence-corrected chi connectivity index (χ2v) is 6.93. The standard InChI is InChI=1S/C11H23N3O3S/c1-10-3-2-4-14(11(10)9-12)18(15,16)13-5-7-17-8-6-13/h10-11H,2-9,12H2,1H3/t10-,11+/m0/s1. The summed E-state index contributed by atoms with van der Waals surface area (Å²) in [4.78, 5) is 0. The van der Waals surface area contributed by atoms with E-state index in [0.29, 0.717) is 45.3 Å². The molecule has 0 saturated carbocycles. The van der Waals surface area contributed by atoms with E-state index in [0.717, 1.165) is 12.8 Å². The van der Waals surface area contributed by atoms with Crippen LogP contribution in [0.2, 0.25) is 0 Å². The van der Waals surface area contributed by atoms with Gasteiger partial charge in [-0.1, -0.05) is 6.92 Å². The molecule has 2 aliphatic rings. The minimum absolute atomic E-state index is 0.0633. The van der Waals surface area contributed by atoms with Crippen molar-refractivity contribution in [2.45, 2.75) is 25.8 Å². The summed E-state index contributed by atoms with van der Waals surface area (Å²) in [6.07, 6.45) is 1.97. The third-order valence-corrected chi connectivity index (χ3v) is 5.96. The second kappa shape index (κ2) is 5.83. The van der Waals surface area contributed by atoms with E-state index in [-0.39, 0.29) is 6.04 Å². The molecule has 7 heteroatoms. The molecule has 0 aromatic carbocycles. The molecule has 0 aliphatic carbocycles. The Labute approximate surface area is 109 Å². The van der Waals surface area contributed by atoms with Gasteiger partial charge in [-0.05, 0) is 18.8 Å². The van der Waals surface area contributed by atoms with E-state index in [2.05, 4.69) is 6.92 Å². The molecule has 0 unspecified atom stereocenters. The molecule has 18 heavy (non-hydrogen) atoms. The van der Waals surface area contributed by atoms with E-state index in [1.165, 1.54) is 4.31 Å². The number of hydrogen-bond donors (Lipinski definition) is 1. The molecular weight excluding hydrogens is 254 g/mol.